The van der Waals surface area contributed by atoms with Gasteiger partial charge in [0.1, 0.15) is 11.5 Å². The number of ether oxygens (including phenoxy) is 2. The Labute approximate surface area is 142 Å². The average molecular weight is 385 g/mol. The Bertz CT molecular complexity index is 691. The number of nitrogens with one attached hydrogen (secondary N) is 1. The summed E-state index contributed by atoms with van der Waals surface area (Å²) in [6, 6.07) is 10.8. The van der Waals surface area contributed by atoms with Crippen molar-refractivity contribution in [1.29, 1.82) is 0 Å². The molecule has 0 bridgehead atoms. The second-order valence-corrected chi connectivity index (χ2v) is 5.86. The Morgan fingerprint density at radius 3 is 2.55 bits per heavy atom. The fraction of sp³-hybridized carbons (Fsp3) is 0.188. The van der Waals surface area contributed by atoms with E-state index >= 15 is 0 Å². The topological polar surface area (TPSA) is 47.6 Å². The highest BCUT2D eigenvalue weighted by molar-refractivity contribution is 9.10. The third-order valence-corrected chi connectivity index (χ3v) is 3.79. The third kappa shape index (κ3) is 4.15. The molecule has 2 aromatic carbocycles. The number of hydrogen-bond acceptors (Lipinski definition) is 3. The van der Waals surface area contributed by atoms with E-state index in [4.69, 9.17) is 21.1 Å². The Balaban J connectivity index is 2.16. The van der Waals surface area contributed by atoms with Crippen molar-refractivity contribution in [3.05, 3.63) is 51.5 Å². The van der Waals surface area contributed by atoms with Crippen LogP contribution in [0.15, 0.2) is 40.9 Å². The number of hydrogen-bond donors (Lipinski definition) is 1. The zero-order valence-electron chi connectivity index (χ0n) is 12.2. The second-order valence-electron chi connectivity index (χ2n) is 4.54. The van der Waals surface area contributed by atoms with Crippen LogP contribution in [0.2, 0.25) is 5.02 Å². The quantitative estimate of drug-likeness (QED) is 0.836. The lowest BCUT2D eigenvalue weighted by Gasteiger charge is -2.13. The van der Waals surface area contributed by atoms with Gasteiger partial charge in [-0.15, -0.1) is 0 Å². The minimum Gasteiger partial charge on any atom is -0.495 e. The molecule has 2 rings (SSSR count). The van der Waals surface area contributed by atoms with Crippen LogP contribution >= 0.6 is 27.5 Å². The molecule has 6 heteroatoms. The van der Waals surface area contributed by atoms with Gasteiger partial charge >= 0.3 is 0 Å². The summed E-state index contributed by atoms with van der Waals surface area (Å²) in [5.74, 6) is 0.824. The maximum Gasteiger partial charge on any atom is 0.228 e. The van der Waals surface area contributed by atoms with E-state index in [1.165, 1.54) is 14.2 Å². The number of rotatable bonds is 5. The van der Waals surface area contributed by atoms with Gasteiger partial charge in [-0.1, -0.05) is 39.7 Å². The molecular formula is C16H15BrClNO3. The molecule has 22 heavy (non-hydrogen) atoms. The maximum absolute atomic E-state index is 12.2. The number of carbonyl (C=O) groups is 1. The molecule has 116 valence electrons. The highest BCUT2D eigenvalue weighted by Crippen LogP contribution is 2.35. The van der Waals surface area contributed by atoms with Crippen LogP contribution in [0.1, 0.15) is 5.56 Å². The minimum absolute atomic E-state index is 0.155. The number of methoxy groups -OCH3 is 2. The Kier molecular flexibility index (Phi) is 5.69. The highest BCUT2D eigenvalue weighted by Gasteiger charge is 2.13. The standard InChI is InChI=1S/C16H15BrClNO3/c1-21-14-9-15(22-2)13(8-12(14)18)19-16(20)7-10-4-3-5-11(17)6-10/h3-6,8-9H,7H2,1-2H3,(H,19,20). The van der Waals surface area contributed by atoms with Crippen molar-refractivity contribution >= 4 is 39.1 Å². The molecule has 0 aliphatic carbocycles. The molecule has 0 aromatic heterocycles. The normalized spacial score (nSPS) is 10.2. The number of carbonyl (C=O) groups excluding carboxylic acids is 1. The van der Waals surface area contributed by atoms with Crippen molar-refractivity contribution in [1.82, 2.24) is 0 Å². The van der Waals surface area contributed by atoms with Crippen LogP contribution in [-0.2, 0) is 11.2 Å². The van der Waals surface area contributed by atoms with Crippen LogP contribution in [0.3, 0.4) is 0 Å². The largest absolute Gasteiger partial charge is 0.495 e. The van der Waals surface area contributed by atoms with Gasteiger partial charge in [0.15, 0.2) is 0 Å². The maximum atomic E-state index is 12.2. The van der Waals surface area contributed by atoms with E-state index < -0.39 is 0 Å². The lowest BCUT2D eigenvalue weighted by Crippen LogP contribution is -2.15. The summed E-state index contributed by atoms with van der Waals surface area (Å²) >= 11 is 9.47. The van der Waals surface area contributed by atoms with Gasteiger partial charge in [-0.3, -0.25) is 4.79 Å². The summed E-state index contributed by atoms with van der Waals surface area (Å²) in [6.07, 6.45) is 0.256. The van der Waals surface area contributed by atoms with Crippen molar-refractivity contribution in [3.8, 4) is 11.5 Å². The van der Waals surface area contributed by atoms with Gasteiger partial charge in [-0.25, -0.2) is 0 Å². The number of benzene rings is 2. The molecule has 0 atom stereocenters. The van der Waals surface area contributed by atoms with Crippen LogP contribution in [0.5, 0.6) is 11.5 Å². The van der Waals surface area contributed by atoms with E-state index in [1.807, 2.05) is 24.3 Å². The molecule has 0 unspecified atom stereocenters. The summed E-state index contributed by atoms with van der Waals surface area (Å²) < 4.78 is 11.3. The van der Waals surface area contributed by atoms with Crippen molar-refractivity contribution in [3.63, 3.8) is 0 Å². The molecule has 0 radical (unpaired) electrons. The van der Waals surface area contributed by atoms with E-state index in [0.29, 0.717) is 22.2 Å². The SMILES string of the molecule is COc1cc(OC)c(NC(=O)Cc2cccc(Br)c2)cc1Cl. The van der Waals surface area contributed by atoms with E-state index in [1.54, 1.807) is 12.1 Å². The molecule has 0 fully saturated rings. The average Bonchev–Trinajstić information content (AvgIpc) is 2.47. The fourth-order valence-corrected chi connectivity index (χ4v) is 2.67. The first-order chi connectivity index (χ1) is 10.5. The fourth-order valence-electron chi connectivity index (χ4n) is 1.98. The summed E-state index contributed by atoms with van der Waals surface area (Å²) in [4.78, 5) is 12.2. The summed E-state index contributed by atoms with van der Waals surface area (Å²) in [5.41, 5.74) is 1.42. The van der Waals surface area contributed by atoms with Gasteiger partial charge in [-0.05, 0) is 23.8 Å². The number of anilines is 1. The van der Waals surface area contributed by atoms with E-state index in [0.717, 1.165) is 10.0 Å². The van der Waals surface area contributed by atoms with Gasteiger partial charge < -0.3 is 14.8 Å². The monoisotopic (exact) mass is 383 g/mol. The first-order valence-electron chi connectivity index (χ1n) is 6.49. The zero-order chi connectivity index (χ0) is 16.1. The van der Waals surface area contributed by atoms with E-state index in [-0.39, 0.29) is 12.3 Å². The van der Waals surface area contributed by atoms with E-state index in [2.05, 4.69) is 21.2 Å². The molecule has 0 saturated carbocycles. The van der Waals surface area contributed by atoms with Gasteiger partial charge in [0.05, 0.1) is 31.4 Å². The van der Waals surface area contributed by atoms with Gasteiger partial charge in [0.2, 0.25) is 5.91 Å². The van der Waals surface area contributed by atoms with Crippen molar-refractivity contribution in [2.24, 2.45) is 0 Å². The summed E-state index contributed by atoms with van der Waals surface area (Å²) in [6.45, 7) is 0. The molecule has 2 aromatic rings. The molecule has 0 spiro atoms. The molecule has 1 amide bonds. The van der Waals surface area contributed by atoms with Crippen LogP contribution < -0.4 is 14.8 Å². The van der Waals surface area contributed by atoms with Crippen molar-refractivity contribution in [2.75, 3.05) is 19.5 Å². The number of amides is 1. The smallest absolute Gasteiger partial charge is 0.228 e. The molecule has 0 aliphatic heterocycles. The second kappa shape index (κ2) is 7.51. The first-order valence-corrected chi connectivity index (χ1v) is 7.66. The Hall–Kier alpha value is -1.72. The highest BCUT2D eigenvalue weighted by atomic mass is 79.9. The molecular weight excluding hydrogens is 370 g/mol. The van der Waals surface area contributed by atoms with Gasteiger partial charge in [-0.2, -0.15) is 0 Å². The van der Waals surface area contributed by atoms with Crippen LogP contribution in [0.4, 0.5) is 5.69 Å². The zero-order valence-corrected chi connectivity index (χ0v) is 14.5. The van der Waals surface area contributed by atoms with Crippen molar-refractivity contribution < 1.29 is 14.3 Å². The van der Waals surface area contributed by atoms with Gasteiger partial charge in [0, 0.05) is 10.5 Å². The minimum atomic E-state index is -0.155. The molecule has 0 aliphatic rings. The van der Waals surface area contributed by atoms with Crippen molar-refractivity contribution in [2.45, 2.75) is 6.42 Å². The molecule has 0 heterocycles. The molecule has 4 nitrogen and oxygen atoms in total. The number of halogens is 2. The van der Waals surface area contributed by atoms with Crippen LogP contribution in [-0.4, -0.2) is 20.1 Å². The summed E-state index contributed by atoms with van der Waals surface area (Å²) in [5, 5.41) is 3.21. The van der Waals surface area contributed by atoms with Crippen LogP contribution in [0.25, 0.3) is 0 Å². The van der Waals surface area contributed by atoms with E-state index in [9.17, 15) is 4.79 Å². The Morgan fingerprint density at radius 1 is 1.18 bits per heavy atom. The third-order valence-electron chi connectivity index (χ3n) is 3.00. The van der Waals surface area contributed by atoms with Crippen LogP contribution in [0, 0.1) is 0 Å². The first kappa shape index (κ1) is 16.6. The predicted octanol–water partition coefficient (Wildman–Crippen LogP) is 4.30. The Morgan fingerprint density at radius 2 is 1.91 bits per heavy atom. The summed E-state index contributed by atoms with van der Waals surface area (Å²) in [7, 11) is 3.04. The lowest BCUT2D eigenvalue weighted by atomic mass is 10.1. The van der Waals surface area contributed by atoms with Gasteiger partial charge in [0.25, 0.3) is 0 Å². The molecule has 0 saturated heterocycles. The lowest BCUT2D eigenvalue weighted by molar-refractivity contribution is -0.115. The predicted molar refractivity (Wildman–Crippen MR) is 91.0 cm³/mol. The molecule has 1 N–H and O–H groups in total.